The Kier molecular flexibility index (Phi) is 6.56. The van der Waals surface area contributed by atoms with E-state index in [4.69, 9.17) is 10.5 Å². The van der Waals surface area contributed by atoms with Gasteiger partial charge in [-0.05, 0) is 63.5 Å². The Morgan fingerprint density at radius 2 is 2.05 bits per heavy atom. The predicted molar refractivity (Wildman–Crippen MR) is 143 cm³/mol. The first kappa shape index (κ1) is 25.0. The topological polar surface area (TPSA) is 123 Å². The molecule has 190 valence electrons. The average Bonchev–Trinajstić information content (AvgIpc) is 3.50. The molecule has 1 aliphatic carbocycles. The maximum absolute atomic E-state index is 13.7. The summed E-state index contributed by atoms with van der Waals surface area (Å²) in [6.45, 7) is 4.19. The molecule has 9 nitrogen and oxygen atoms in total. The van der Waals surface area contributed by atoms with Crippen LogP contribution in [0, 0.1) is 16.7 Å². The van der Waals surface area contributed by atoms with Gasteiger partial charge >= 0.3 is 0 Å². The van der Waals surface area contributed by atoms with Crippen molar-refractivity contribution in [2.45, 2.75) is 43.5 Å². The molecule has 5 rings (SSSR count). The van der Waals surface area contributed by atoms with E-state index in [1.165, 1.54) is 11.8 Å². The molecule has 0 bridgehead atoms. The number of carbonyl (C=O) groups excluding carboxylic acids is 1. The van der Waals surface area contributed by atoms with Crippen LogP contribution in [0.5, 0.6) is 5.75 Å². The minimum atomic E-state index is -0.488. The smallest absolute Gasteiger partial charge is 0.209 e. The minimum Gasteiger partial charge on any atom is -0.497 e. The van der Waals surface area contributed by atoms with Gasteiger partial charge in [0.1, 0.15) is 11.6 Å². The number of aryl methyl sites for hydroxylation is 1. The number of tetrazole rings is 1. The molecule has 3 heterocycles. The molecule has 1 aliphatic heterocycles. The van der Waals surface area contributed by atoms with Crippen LogP contribution in [0.15, 0.2) is 63.5 Å². The van der Waals surface area contributed by atoms with Crippen LogP contribution in [0.2, 0.25) is 0 Å². The highest BCUT2D eigenvalue weighted by Gasteiger charge is 2.45. The highest BCUT2D eigenvalue weighted by Crippen LogP contribution is 2.51. The van der Waals surface area contributed by atoms with E-state index in [1.54, 1.807) is 30.2 Å². The molecule has 0 fully saturated rings. The molecule has 0 radical (unpaired) electrons. The van der Waals surface area contributed by atoms with Crippen LogP contribution in [-0.4, -0.2) is 33.1 Å². The molecule has 0 spiro atoms. The molecule has 0 unspecified atom stereocenters. The number of ether oxygens (including phenoxy) is 1. The predicted octanol–water partition coefficient (Wildman–Crippen LogP) is 4.51. The second-order valence-corrected chi connectivity index (χ2v) is 11.8. The van der Waals surface area contributed by atoms with Crippen molar-refractivity contribution >= 4 is 34.6 Å². The number of Topliss-reactive ketones (excluding diaryl/α,β-unsaturated/α-hetero) is 1. The molecule has 2 aliphatic rings. The van der Waals surface area contributed by atoms with Crippen molar-refractivity contribution in [1.82, 2.24) is 20.2 Å². The number of hydrogen-bond acceptors (Lipinski definition) is 10. The number of anilines is 1. The lowest BCUT2D eigenvalue weighted by molar-refractivity contribution is -0.118. The molecule has 2 N–H and O–H groups in total. The average molecular weight is 534 g/mol. The number of thioether (sulfide) groups is 1. The summed E-state index contributed by atoms with van der Waals surface area (Å²) < 4.78 is 6.95. The number of carbonyl (C=O) groups is 1. The number of ketones is 1. The van der Waals surface area contributed by atoms with E-state index in [0.29, 0.717) is 35.6 Å². The third kappa shape index (κ3) is 4.63. The first-order valence-electron chi connectivity index (χ1n) is 11.7. The van der Waals surface area contributed by atoms with Gasteiger partial charge in [0.2, 0.25) is 5.16 Å². The number of hydrogen-bond donors (Lipinski definition) is 1. The van der Waals surface area contributed by atoms with Gasteiger partial charge in [-0.1, -0.05) is 25.6 Å². The van der Waals surface area contributed by atoms with Gasteiger partial charge in [0.15, 0.2) is 5.78 Å². The van der Waals surface area contributed by atoms with Crippen molar-refractivity contribution in [3.63, 3.8) is 0 Å². The SMILES string of the molecule is COc1ccc(N2C(N)=C(C#N)[C@@H](c3cc(CSc4nnnn4C)cs3)C3=C2CC(C)(C)CC3=O)cc1. The van der Waals surface area contributed by atoms with Gasteiger partial charge in [0, 0.05) is 41.1 Å². The number of nitriles is 1. The van der Waals surface area contributed by atoms with Crippen LogP contribution in [0.25, 0.3) is 0 Å². The number of methoxy groups -OCH3 is 1. The van der Waals surface area contributed by atoms with E-state index in [9.17, 15) is 10.1 Å². The van der Waals surface area contributed by atoms with Gasteiger partial charge < -0.3 is 10.5 Å². The van der Waals surface area contributed by atoms with Gasteiger partial charge in [-0.3, -0.25) is 9.69 Å². The summed E-state index contributed by atoms with van der Waals surface area (Å²) in [4.78, 5) is 16.5. The summed E-state index contributed by atoms with van der Waals surface area (Å²) in [5.74, 6) is 1.32. The molecule has 3 aromatic rings. The van der Waals surface area contributed by atoms with Gasteiger partial charge in [-0.25, -0.2) is 4.68 Å². The molecule has 11 heteroatoms. The second-order valence-electron chi connectivity index (χ2n) is 9.91. The highest BCUT2D eigenvalue weighted by molar-refractivity contribution is 7.98. The number of benzene rings is 1. The van der Waals surface area contributed by atoms with Gasteiger partial charge in [0.25, 0.3) is 0 Å². The summed E-state index contributed by atoms with van der Waals surface area (Å²) in [6.07, 6.45) is 1.09. The monoisotopic (exact) mass is 533 g/mol. The lowest BCUT2D eigenvalue weighted by Gasteiger charge is -2.43. The Bertz CT molecular complexity index is 1460. The van der Waals surface area contributed by atoms with Crippen molar-refractivity contribution in [2.24, 2.45) is 18.2 Å². The number of nitrogens with zero attached hydrogens (tertiary/aromatic N) is 6. The summed E-state index contributed by atoms with van der Waals surface area (Å²) in [5, 5.41) is 24.6. The summed E-state index contributed by atoms with van der Waals surface area (Å²) in [7, 11) is 3.42. The van der Waals surface area contributed by atoms with E-state index in [-0.39, 0.29) is 11.2 Å². The summed E-state index contributed by atoms with van der Waals surface area (Å²) in [5.41, 5.74) is 10.3. The Hall–Kier alpha value is -3.62. The Morgan fingerprint density at radius 3 is 2.70 bits per heavy atom. The fraction of sp³-hybridized carbons (Fsp3) is 0.346. The van der Waals surface area contributed by atoms with E-state index in [2.05, 4.69) is 46.9 Å². The number of allylic oxidation sites excluding steroid dienone is 3. The molecule has 1 aromatic carbocycles. The second kappa shape index (κ2) is 9.68. The maximum Gasteiger partial charge on any atom is 0.209 e. The number of aromatic nitrogens is 4. The number of rotatable bonds is 6. The van der Waals surface area contributed by atoms with Gasteiger partial charge in [-0.2, -0.15) is 5.26 Å². The van der Waals surface area contributed by atoms with Gasteiger partial charge in [-0.15, -0.1) is 16.4 Å². The Morgan fingerprint density at radius 1 is 1.30 bits per heavy atom. The zero-order valence-electron chi connectivity index (χ0n) is 21.1. The van der Waals surface area contributed by atoms with E-state index < -0.39 is 5.92 Å². The van der Waals surface area contributed by atoms with Crippen LogP contribution in [0.3, 0.4) is 0 Å². The Labute approximate surface area is 223 Å². The third-order valence-corrected chi connectivity index (χ3v) is 8.75. The van der Waals surface area contributed by atoms with E-state index in [0.717, 1.165) is 32.7 Å². The van der Waals surface area contributed by atoms with Crippen molar-refractivity contribution < 1.29 is 9.53 Å². The molecule has 0 saturated heterocycles. The summed E-state index contributed by atoms with van der Waals surface area (Å²) in [6, 6.07) is 11.9. The van der Waals surface area contributed by atoms with Crippen molar-refractivity contribution in [3.05, 3.63) is 68.8 Å². The van der Waals surface area contributed by atoms with E-state index >= 15 is 0 Å². The van der Waals surface area contributed by atoms with E-state index in [1.807, 2.05) is 29.2 Å². The zero-order valence-corrected chi connectivity index (χ0v) is 22.7. The number of thiophene rings is 1. The Balaban J connectivity index is 1.58. The first-order chi connectivity index (χ1) is 17.7. The lowest BCUT2D eigenvalue weighted by Crippen LogP contribution is -2.42. The summed E-state index contributed by atoms with van der Waals surface area (Å²) >= 11 is 3.08. The molecule has 0 saturated carbocycles. The van der Waals surface area contributed by atoms with Crippen LogP contribution < -0.4 is 15.4 Å². The minimum absolute atomic E-state index is 0.0597. The quantitative estimate of drug-likeness (QED) is 0.456. The largest absolute Gasteiger partial charge is 0.497 e. The number of nitrogens with two attached hydrogens (primary N) is 1. The fourth-order valence-corrected chi connectivity index (χ4v) is 6.85. The zero-order chi connectivity index (χ0) is 26.3. The van der Waals surface area contributed by atoms with Crippen LogP contribution in [0.1, 0.15) is 43.0 Å². The highest BCUT2D eigenvalue weighted by atomic mass is 32.2. The normalized spacial score (nSPS) is 19.2. The molecule has 2 aromatic heterocycles. The standard InChI is InChI=1S/C26H27N7O2S2/c1-26(2)10-19-23(20(34)11-26)22(21-9-15(13-36-21)14-37-25-29-30-31-32(25)3)18(12-27)24(28)33(19)16-5-7-17(35-4)8-6-16/h5-9,13,22H,10-11,14,28H2,1-4H3/t22-/m0/s1. The van der Waals surface area contributed by atoms with Crippen LogP contribution >= 0.6 is 23.1 Å². The van der Waals surface area contributed by atoms with Crippen molar-refractivity contribution in [2.75, 3.05) is 12.0 Å². The van der Waals surface area contributed by atoms with Crippen LogP contribution in [0.4, 0.5) is 5.69 Å². The van der Waals surface area contributed by atoms with Crippen molar-refractivity contribution in [1.29, 1.82) is 5.26 Å². The molecular weight excluding hydrogens is 506 g/mol. The van der Waals surface area contributed by atoms with Crippen molar-refractivity contribution in [3.8, 4) is 11.8 Å². The molecule has 37 heavy (non-hydrogen) atoms. The lowest BCUT2D eigenvalue weighted by atomic mass is 9.69. The van der Waals surface area contributed by atoms with Crippen LogP contribution in [-0.2, 0) is 17.6 Å². The maximum atomic E-state index is 13.7. The first-order valence-corrected chi connectivity index (χ1v) is 13.6. The molecule has 1 atom stereocenters. The van der Waals surface area contributed by atoms with Gasteiger partial charge in [0.05, 0.1) is 24.7 Å². The molecule has 0 amide bonds. The fourth-order valence-electron chi connectivity index (χ4n) is 4.93. The third-order valence-electron chi connectivity index (χ3n) is 6.62. The molecular formula is C26H27N7O2S2.